The maximum absolute atomic E-state index is 13.2. The SMILES string of the molecule is CC(C)c1cc(C(=O)N2CCC[C@]3(C)NC(=O)CCC[C@H]23)n(C)n1. The van der Waals surface area contributed by atoms with Crippen LogP contribution in [-0.4, -0.2) is 44.6 Å². The van der Waals surface area contributed by atoms with Crippen molar-refractivity contribution < 1.29 is 9.59 Å². The van der Waals surface area contributed by atoms with Gasteiger partial charge in [0.25, 0.3) is 5.91 Å². The first-order valence-corrected chi connectivity index (χ1v) is 8.98. The average Bonchev–Trinajstić information content (AvgIpc) is 2.82. The summed E-state index contributed by atoms with van der Waals surface area (Å²) in [7, 11) is 1.83. The number of piperidine rings is 1. The van der Waals surface area contributed by atoms with Crippen LogP contribution >= 0.6 is 0 Å². The van der Waals surface area contributed by atoms with Gasteiger partial charge in [0.05, 0.1) is 17.3 Å². The van der Waals surface area contributed by atoms with Crippen LogP contribution in [0.5, 0.6) is 0 Å². The van der Waals surface area contributed by atoms with E-state index < -0.39 is 0 Å². The number of hydrogen-bond donors (Lipinski definition) is 1. The zero-order valence-corrected chi connectivity index (χ0v) is 15.1. The Bertz CT molecular complexity index is 651. The van der Waals surface area contributed by atoms with E-state index in [1.807, 2.05) is 18.0 Å². The van der Waals surface area contributed by atoms with Gasteiger partial charge in [-0.15, -0.1) is 0 Å². The number of aryl methyl sites for hydroxylation is 1. The summed E-state index contributed by atoms with van der Waals surface area (Å²) in [5.74, 6) is 0.433. The first kappa shape index (κ1) is 17.0. The molecule has 0 radical (unpaired) electrons. The van der Waals surface area contributed by atoms with Gasteiger partial charge in [-0.05, 0) is 44.6 Å². The maximum Gasteiger partial charge on any atom is 0.272 e. The Hall–Kier alpha value is -1.85. The highest BCUT2D eigenvalue weighted by Gasteiger charge is 2.45. The van der Waals surface area contributed by atoms with Crippen molar-refractivity contribution in [2.75, 3.05) is 6.54 Å². The van der Waals surface area contributed by atoms with Crippen LogP contribution in [0.2, 0.25) is 0 Å². The average molecular weight is 332 g/mol. The minimum atomic E-state index is -0.318. The van der Waals surface area contributed by atoms with E-state index in [0.29, 0.717) is 18.0 Å². The lowest BCUT2D eigenvalue weighted by molar-refractivity contribution is -0.123. The van der Waals surface area contributed by atoms with Gasteiger partial charge in [0.1, 0.15) is 5.69 Å². The molecule has 132 valence electrons. The molecule has 2 aliphatic rings. The number of carbonyl (C=O) groups excluding carboxylic acids is 2. The second kappa shape index (κ2) is 6.22. The van der Waals surface area contributed by atoms with Crippen molar-refractivity contribution in [3.05, 3.63) is 17.5 Å². The van der Waals surface area contributed by atoms with Gasteiger partial charge in [-0.25, -0.2) is 0 Å². The van der Waals surface area contributed by atoms with E-state index in [4.69, 9.17) is 0 Å². The summed E-state index contributed by atoms with van der Waals surface area (Å²) in [6.07, 6.45) is 4.09. The molecule has 0 spiro atoms. The minimum absolute atomic E-state index is 0.0315. The molecule has 3 rings (SSSR count). The topological polar surface area (TPSA) is 67.2 Å². The molecule has 2 amide bonds. The molecule has 2 atom stereocenters. The molecule has 2 saturated heterocycles. The van der Waals surface area contributed by atoms with Crippen LogP contribution in [-0.2, 0) is 11.8 Å². The van der Waals surface area contributed by atoms with E-state index in [2.05, 4.69) is 31.2 Å². The van der Waals surface area contributed by atoms with Gasteiger partial charge >= 0.3 is 0 Å². The second-order valence-electron chi connectivity index (χ2n) is 7.71. The molecule has 6 heteroatoms. The fourth-order valence-electron chi connectivity index (χ4n) is 4.10. The Labute approximate surface area is 143 Å². The standard InChI is InChI=1S/C18H28N4O2/c1-12(2)13-11-14(21(4)20-13)17(24)22-10-6-9-18(3)15(22)7-5-8-16(23)19-18/h11-12,15H,5-10H2,1-4H3,(H,19,23)/t15-,18-/m0/s1. The zero-order chi connectivity index (χ0) is 17.5. The van der Waals surface area contributed by atoms with Crippen LogP contribution in [0.3, 0.4) is 0 Å². The highest BCUT2D eigenvalue weighted by atomic mass is 16.2. The van der Waals surface area contributed by atoms with Crippen molar-refractivity contribution >= 4 is 11.8 Å². The lowest BCUT2D eigenvalue weighted by atomic mass is 9.81. The summed E-state index contributed by atoms with van der Waals surface area (Å²) in [4.78, 5) is 27.2. The fourth-order valence-corrected chi connectivity index (χ4v) is 4.10. The number of rotatable bonds is 2. The number of nitrogens with one attached hydrogen (secondary N) is 1. The summed E-state index contributed by atoms with van der Waals surface area (Å²) in [6, 6.07) is 1.97. The third-order valence-electron chi connectivity index (χ3n) is 5.48. The number of amides is 2. The Morgan fingerprint density at radius 3 is 2.83 bits per heavy atom. The zero-order valence-electron chi connectivity index (χ0n) is 15.1. The van der Waals surface area contributed by atoms with Crippen molar-refractivity contribution in [1.29, 1.82) is 0 Å². The van der Waals surface area contributed by atoms with E-state index in [1.165, 1.54) is 0 Å². The molecule has 1 aromatic rings. The molecular formula is C18H28N4O2. The van der Waals surface area contributed by atoms with E-state index in [-0.39, 0.29) is 23.4 Å². The number of fused-ring (bicyclic) bond motifs is 1. The molecular weight excluding hydrogens is 304 g/mol. The Morgan fingerprint density at radius 2 is 2.17 bits per heavy atom. The highest BCUT2D eigenvalue weighted by molar-refractivity contribution is 5.93. The summed E-state index contributed by atoms with van der Waals surface area (Å²) >= 11 is 0. The van der Waals surface area contributed by atoms with Crippen molar-refractivity contribution in [2.45, 2.75) is 70.4 Å². The summed E-state index contributed by atoms with van der Waals surface area (Å²) in [5, 5.41) is 7.65. The number of likely N-dealkylation sites (tertiary alicyclic amines) is 1. The number of hydrogen-bond acceptors (Lipinski definition) is 3. The quantitative estimate of drug-likeness (QED) is 0.903. The third kappa shape index (κ3) is 2.94. The van der Waals surface area contributed by atoms with Crippen LogP contribution < -0.4 is 5.32 Å². The van der Waals surface area contributed by atoms with Crippen LogP contribution in [0.4, 0.5) is 0 Å². The first-order valence-electron chi connectivity index (χ1n) is 8.98. The lowest BCUT2D eigenvalue weighted by Gasteiger charge is -2.47. The minimum Gasteiger partial charge on any atom is -0.349 e. The van der Waals surface area contributed by atoms with Gasteiger partial charge in [0, 0.05) is 20.0 Å². The number of nitrogens with zero attached hydrogens (tertiary/aromatic N) is 3. The monoisotopic (exact) mass is 332 g/mol. The van der Waals surface area contributed by atoms with Crippen molar-refractivity contribution in [1.82, 2.24) is 20.0 Å². The van der Waals surface area contributed by atoms with Gasteiger partial charge < -0.3 is 10.2 Å². The summed E-state index contributed by atoms with van der Waals surface area (Å²) < 4.78 is 1.69. The lowest BCUT2D eigenvalue weighted by Crippen LogP contribution is -2.63. The smallest absolute Gasteiger partial charge is 0.272 e. The molecule has 2 fully saturated rings. The van der Waals surface area contributed by atoms with Gasteiger partial charge in [0.15, 0.2) is 0 Å². The van der Waals surface area contributed by atoms with Crippen LogP contribution in [0, 0.1) is 0 Å². The molecule has 6 nitrogen and oxygen atoms in total. The normalized spacial score (nSPS) is 27.6. The molecule has 0 aliphatic carbocycles. The molecule has 2 aliphatic heterocycles. The molecule has 0 bridgehead atoms. The van der Waals surface area contributed by atoms with Crippen LogP contribution in [0.1, 0.15) is 75.0 Å². The van der Waals surface area contributed by atoms with Gasteiger partial charge in [-0.2, -0.15) is 5.10 Å². The van der Waals surface area contributed by atoms with Crippen LogP contribution in [0.25, 0.3) is 0 Å². The molecule has 0 unspecified atom stereocenters. The molecule has 3 heterocycles. The Morgan fingerprint density at radius 1 is 1.42 bits per heavy atom. The van der Waals surface area contributed by atoms with Crippen LogP contribution in [0.15, 0.2) is 6.07 Å². The second-order valence-corrected chi connectivity index (χ2v) is 7.71. The highest BCUT2D eigenvalue weighted by Crippen LogP contribution is 2.34. The van der Waals surface area contributed by atoms with Crippen molar-refractivity contribution in [3.63, 3.8) is 0 Å². The first-order chi connectivity index (χ1) is 11.3. The Kier molecular flexibility index (Phi) is 4.40. The largest absolute Gasteiger partial charge is 0.349 e. The molecule has 1 N–H and O–H groups in total. The van der Waals surface area contributed by atoms with Gasteiger partial charge in [0.2, 0.25) is 5.91 Å². The van der Waals surface area contributed by atoms with E-state index in [9.17, 15) is 9.59 Å². The van der Waals surface area contributed by atoms with E-state index in [0.717, 1.165) is 37.9 Å². The third-order valence-corrected chi connectivity index (χ3v) is 5.48. The van der Waals surface area contributed by atoms with Crippen molar-refractivity contribution in [2.24, 2.45) is 7.05 Å². The Balaban J connectivity index is 1.90. The summed E-state index contributed by atoms with van der Waals surface area (Å²) in [6.45, 7) is 6.99. The number of aromatic nitrogens is 2. The number of carbonyl (C=O) groups is 2. The van der Waals surface area contributed by atoms with E-state index in [1.54, 1.807) is 4.68 Å². The van der Waals surface area contributed by atoms with Gasteiger partial charge in [-0.1, -0.05) is 13.8 Å². The predicted octanol–water partition coefficient (Wildman–Crippen LogP) is 2.21. The van der Waals surface area contributed by atoms with E-state index >= 15 is 0 Å². The summed E-state index contributed by atoms with van der Waals surface area (Å²) in [5.41, 5.74) is 1.26. The molecule has 1 aromatic heterocycles. The molecule has 0 saturated carbocycles. The molecule has 0 aromatic carbocycles. The van der Waals surface area contributed by atoms with Crippen molar-refractivity contribution in [3.8, 4) is 0 Å². The maximum atomic E-state index is 13.2. The van der Waals surface area contributed by atoms with Gasteiger partial charge in [-0.3, -0.25) is 14.3 Å². The fraction of sp³-hybridized carbons (Fsp3) is 0.722. The predicted molar refractivity (Wildman–Crippen MR) is 91.8 cm³/mol. The molecule has 24 heavy (non-hydrogen) atoms.